The maximum atomic E-state index is 14.4. The van der Waals surface area contributed by atoms with E-state index < -0.39 is 13.2 Å². The van der Waals surface area contributed by atoms with Crippen molar-refractivity contribution in [1.82, 2.24) is 0 Å². The van der Waals surface area contributed by atoms with Gasteiger partial charge in [0.2, 0.25) is 6.79 Å². The van der Waals surface area contributed by atoms with Crippen molar-refractivity contribution in [2.24, 2.45) is 17.8 Å². The van der Waals surface area contributed by atoms with E-state index in [2.05, 4.69) is 20.8 Å². The summed E-state index contributed by atoms with van der Waals surface area (Å²) in [6.07, 6.45) is 2.91. The molecular formula is C24H31O5P. The molecule has 6 heteroatoms. The summed E-state index contributed by atoms with van der Waals surface area (Å²) < 4.78 is 31.7. The largest absolute Gasteiger partial charge is 0.454 e. The highest BCUT2D eigenvalue weighted by Gasteiger charge is 2.43. The zero-order valence-corrected chi connectivity index (χ0v) is 18.8. The van der Waals surface area contributed by atoms with Gasteiger partial charge in [-0.1, -0.05) is 51.5 Å². The fourth-order valence-electron chi connectivity index (χ4n) is 4.60. The molecule has 0 amide bonds. The Labute approximate surface area is 178 Å². The van der Waals surface area contributed by atoms with Crippen molar-refractivity contribution in [3.05, 3.63) is 54.1 Å². The third-order valence-electron chi connectivity index (χ3n) is 6.39. The van der Waals surface area contributed by atoms with Crippen LogP contribution in [-0.2, 0) is 9.09 Å². The molecule has 0 aromatic heterocycles. The van der Waals surface area contributed by atoms with Crippen molar-refractivity contribution in [3.63, 3.8) is 0 Å². The molecule has 5 atom stereocenters. The molecule has 1 heterocycles. The molecule has 4 rings (SSSR count). The maximum absolute atomic E-state index is 14.4. The molecule has 1 aliphatic carbocycles. The first-order chi connectivity index (χ1) is 14.4. The highest BCUT2D eigenvalue weighted by Crippen LogP contribution is 2.60. The van der Waals surface area contributed by atoms with Crippen molar-refractivity contribution >= 4 is 12.7 Å². The van der Waals surface area contributed by atoms with Gasteiger partial charge in [-0.05, 0) is 60.4 Å². The van der Waals surface area contributed by atoms with Crippen LogP contribution < -0.4 is 14.8 Å². The molecule has 0 spiro atoms. The minimum absolute atomic E-state index is 0.150. The van der Waals surface area contributed by atoms with E-state index in [-0.39, 0.29) is 12.9 Å². The van der Waals surface area contributed by atoms with Gasteiger partial charge in [0, 0.05) is 5.30 Å². The van der Waals surface area contributed by atoms with Crippen molar-refractivity contribution in [1.29, 1.82) is 0 Å². The van der Waals surface area contributed by atoms with Gasteiger partial charge in [0.1, 0.15) is 0 Å². The van der Waals surface area contributed by atoms with Gasteiger partial charge >= 0.3 is 0 Å². The summed E-state index contributed by atoms with van der Waals surface area (Å²) in [5, 5.41) is 11.9. The molecule has 0 radical (unpaired) electrons. The van der Waals surface area contributed by atoms with Crippen LogP contribution in [0.25, 0.3) is 0 Å². The molecule has 2 aromatic rings. The summed E-state index contributed by atoms with van der Waals surface area (Å²) in [5.74, 6) is 1.16. The second-order valence-electron chi connectivity index (χ2n) is 8.89. The molecule has 1 fully saturated rings. The molecule has 1 aliphatic heterocycles. The normalized spacial score (nSPS) is 26.4. The third kappa shape index (κ3) is 4.16. The molecule has 0 bridgehead atoms. The zero-order valence-electron chi connectivity index (χ0n) is 17.9. The Morgan fingerprint density at radius 1 is 1.07 bits per heavy atom. The Hall–Kier alpha value is -1.81. The Kier molecular flexibility index (Phi) is 6.24. The molecule has 2 aromatic carbocycles. The fourth-order valence-corrected chi connectivity index (χ4v) is 6.91. The number of fused-ring (bicyclic) bond motifs is 1. The van der Waals surface area contributed by atoms with Crippen molar-refractivity contribution in [3.8, 4) is 11.5 Å². The van der Waals surface area contributed by atoms with Gasteiger partial charge in [-0.25, -0.2) is 0 Å². The van der Waals surface area contributed by atoms with Gasteiger partial charge in [0.15, 0.2) is 17.3 Å². The summed E-state index contributed by atoms with van der Waals surface area (Å²) in [5.41, 5.74) is 0.511. The number of hydrogen-bond acceptors (Lipinski definition) is 5. The van der Waals surface area contributed by atoms with Crippen LogP contribution in [0, 0.1) is 17.8 Å². The summed E-state index contributed by atoms with van der Waals surface area (Å²) in [4.78, 5) is 0. The van der Waals surface area contributed by atoms with Crippen molar-refractivity contribution in [2.75, 3.05) is 6.79 Å². The van der Waals surface area contributed by atoms with Crippen molar-refractivity contribution in [2.45, 2.75) is 52.0 Å². The van der Waals surface area contributed by atoms with Gasteiger partial charge < -0.3 is 19.1 Å². The topological polar surface area (TPSA) is 65.0 Å². The molecule has 30 heavy (non-hydrogen) atoms. The average Bonchev–Trinajstić information content (AvgIpc) is 3.21. The average molecular weight is 430 g/mol. The van der Waals surface area contributed by atoms with E-state index >= 15 is 0 Å². The lowest BCUT2D eigenvalue weighted by atomic mass is 9.75. The lowest BCUT2D eigenvalue weighted by Crippen LogP contribution is -2.35. The Morgan fingerprint density at radius 3 is 2.53 bits per heavy atom. The predicted molar refractivity (Wildman–Crippen MR) is 117 cm³/mol. The first-order valence-electron chi connectivity index (χ1n) is 10.8. The van der Waals surface area contributed by atoms with E-state index in [0.29, 0.717) is 40.1 Å². The van der Waals surface area contributed by atoms with E-state index in [1.54, 1.807) is 30.3 Å². The van der Waals surface area contributed by atoms with E-state index in [0.717, 1.165) is 19.3 Å². The number of hydrogen-bond donors (Lipinski definition) is 1. The predicted octanol–water partition coefficient (Wildman–Crippen LogP) is 5.49. The molecule has 1 N–H and O–H groups in total. The maximum Gasteiger partial charge on any atom is 0.264 e. The van der Waals surface area contributed by atoms with Crippen LogP contribution in [0.3, 0.4) is 0 Å². The number of aliphatic hydroxyl groups is 1. The summed E-state index contributed by atoms with van der Waals surface area (Å²) in [6, 6.07) is 14.3. The standard InChI is InChI=1S/C24H31O5P/c1-16(2)20-11-9-17(3)13-22(20)29-30(26,19-7-5-4-6-8-19)24(25)18-10-12-21-23(14-18)28-15-27-21/h4-8,10,12,14,16-17,20,22,24-25H,9,11,13,15H2,1-3H3/t17-,20+,22-,24+,30-/m0/s1. The van der Waals surface area contributed by atoms with E-state index in [1.807, 2.05) is 18.2 Å². The Balaban J connectivity index is 1.71. The van der Waals surface area contributed by atoms with Crippen LogP contribution in [0.15, 0.2) is 48.5 Å². The SMILES string of the molecule is CC(C)[C@H]1CC[C@H](C)C[C@@H]1O[P@@](=O)(c1ccccc1)[C@@H](O)c1ccc2c(c1)OCO2. The smallest absolute Gasteiger partial charge is 0.264 e. The minimum Gasteiger partial charge on any atom is -0.454 e. The Morgan fingerprint density at radius 2 is 1.80 bits per heavy atom. The van der Waals surface area contributed by atoms with E-state index in [9.17, 15) is 9.67 Å². The summed E-state index contributed by atoms with van der Waals surface area (Å²) in [7, 11) is -3.62. The molecule has 5 nitrogen and oxygen atoms in total. The third-order valence-corrected chi connectivity index (χ3v) is 8.93. The van der Waals surface area contributed by atoms with Crippen LogP contribution in [0.5, 0.6) is 11.5 Å². The second-order valence-corrected chi connectivity index (χ2v) is 11.3. The second kappa shape index (κ2) is 8.74. The number of benzene rings is 2. The van der Waals surface area contributed by atoms with Crippen LogP contribution in [0.1, 0.15) is 51.4 Å². The van der Waals surface area contributed by atoms with Crippen LogP contribution in [-0.4, -0.2) is 18.0 Å². The van der Waals surface area contributed by atoms with Gasteiger partial charge in [0.05, 0.1) is 6.10 Å². The van der Waals surface area contributed by atoms with Crippen LogP contribution in [0.4, 0.5) is 0 Å². The molecule has 2 aliphatic rings. The highest BCUT2D eigenvalue weighted by molar-refractivity contribution is 7.67. The van der Waals surface area contributed by atoms with Gasteiger partial charge in [-0.2, -0.15) is 0 Å². The lowest BCUT2D eigenvalue weighted by Gasteiger charge is -2.39. The number of rotatable bonds is 6. The number of ether oxygens (including phenoxy) is 2. The Bertz CT molecular complexity index is 913. The van der Waals surface area contributed by atoms with E-state index in [4.69, 9.17) is 14.0 Å². The van der Waals surface area contributed by atoms with Gasteiger partial charge in [-0.15, -0.1) is 0 Å². The monoisotopic (exact) mass is 430 g/mol. The van der Waals surface area contributed by atoms with Crippen LogP contribution >= 0.6 is 7.37 Å². The lowest BCUT2D eigenvalue weighted by molar-refractivity contribution is 0.0427. The fraction of sp³-hybridized carbons (Fsp3) is 0.500. The molecule has 0 saturated heterocycles. The molecule has 162 valence electrons. The highest BCUT2D eigenvalue weighted by atomic mass is 31.2. The first kappa shape index (κ1) is 21.4. The van der Waals surface area contributed by atoms with Crippen LogP contribution in [0.2, 0.25) is 0 Å². The first-order valence-corrected chi connectivity index (χ1v) is 12.5. The van der Waals surface area contributed by atoms with Gasteiger partial charge in [-0.3, -0.25) is 4.57 Å². The zero-order chi connectivity index (χ0) is 21.3. The number of aliphatic hydroxyl groups excluding tert-OH is 1. The molecular weight excluding hydrogens is 399 g/mol. The summed E-state index contributed by atoms with van der Waals surface area (Å²) in [6.45, 7) is 6.75. The van der Waals surface area contributed by atoms with Crippen molar-refractivity contribution < 1.29 is 23.7 Å². The minimum atomic E-state index is -3.62. The van der Waals surface area contributed by atoms with Gasteiger partial charge in [0.25, 0.3) is 7.37 Å². The molecule has 1 saturated carbocycles. The quantitative estimate of drug-likeness (QED) is 0.614. The summed E-state index contributed by atoms with van der Waals surface area (Å²) >= 11 is 0. The van der Waals surface area contributed by atoms with E-state index in [1.165, 1.54) is 0 Å². The molecule has 0 unspecified atom stereocenters.